The molecule has 102 valence electrons. The summed E-state index contributed by atoms with van der Waals surface area (Å²) in [5, 5.41) is 1.97. The second-order valence-electron chi connectivity index (χ2n) is 4.12. The number of anilines is 1. The SMILES string of the molecule is CCNN(CCNS(C)(=O)=O)c1ccccc1C. The van der Waals surface area contributed by atoms with Gasteiger partial charge in [-0.05, 0) is 18.6 Å². The van der Waals surface area contributed by atoms with Crippen molar-refractivity contribution in [3.63, 3.8) is 0 Å². The third kappa shape index (κ3) is 5.03. The molecule has 1 rings (SSSR count). The molecular formula is C12H21N3O2S. The molecule has 0 aromatic heterocycles. The van der Waals surface area contributed by atoms with E-state index in [2.05, 4.69) is 10.1 Å². The monoisotopic (exact) mass is 271 g/mol. The van der Waals surface area contributed by atoms with Crippen molar-refractivity contribution < 1.29 is 8.42 Å². The Morgan fingerprint density at radius 2 is 1.94 bits per heavy atom. The molecule has 0 aliphatic rings. The summed E-state index contributed by atoms with van der Waals surface area (Å²) < 4.78 is 24.5. The maximum Gasteiger partial charge on any atom is 0.208 e. The highest BCUT2D eigenvalue weighted by Crippen LogP contribution is 2.16. The maximum atomic E-state index is 11.0. The largest absolute Gasteiger partial charge is 0.307 e. The molecule has 0 spiro atoms. The van der Waals surface area contributed by atoms with Gasteiger partial charge in [-0.3, -0.25) is 0 Å². The normalized spacial score (nSPS) is 11.5. The molecule has 1 aromatic carbocycles. The Kier molecular flexibility index (Phi) is 5.58. The minimum absolute atomic E-state index is 0.375. The van der Waals surface area contributed by atoms with Gasteiger partial charge in [0.2, 0.25) is 10.0 Å². The molecule has 0 saturated carbocycles. The van der Waals surface area contributed by atoms with Crippen LogP contribution < -0.4 is 15.2 Å². The molecule has 0 bridgehead atoms. The third-order valence-corrected chi connectivity index (χ3v) is 3.18. The lowest BCUT2D eigenvalue weighted by Crippen LogP contribution is -2.43. The summed E-state index contributed by atoms with van der Waals surface area (Å²) in [6.07, 6.45) is 1.17. The fourth-order valence-corrected chi connectivity index (χ4v) is 2.15. The van der Waals surface area contributed by atoms with E-state index in [0.717, 1.165) is 17.8 Å². The molecule has 5 nitrogen and oxygen atoms in total. The molecule has 0 unspecified atom stereocenters. The number of rotatable bonds is 7. The second-order valence-corrected chi connectivity index (χ2v) is 5.95. The maximum absolute atomic E-state index is 11.0. The fourth-order valence-electron chi connectivity index (χ4n) is 1.68. The van der Waals surface area contributed by atoms with E-state index in [1.165, 1.54) is 6.26 Å². The van der Waals surface area contributed by atoms with Crippen LogP contribution in [-0.2, 0) is 10.0 Å². The predicted molar refractivity (Wildman–Crippen MR) is 75.0 cm³/mol. The summed E-state index contributed by atoms with van der Waals surface area (Å²) >= 11 is 0. The summed E-state index contributed by atoms with van der Waals surface area (Å²) in [6.45, 7) is 5.78. The third-order valence-electron chi connectivity index (χ3n) is 2.45. The molecular weight excluding hydrogens is 250 g/mol. The highest BCUT2D eigenvalue weighted by atomic mass is 32.2. The van der Waals surface area contributed by atoms with Crippen LogP contribution in [0.2, 0.25) is 0 Å². The van der Waals surface area contributed by atoms with Crippen LogP contribution in [0.5, 0.6) is 0 Å². The van der Waals surface area contributed by atoms with Crippen LogP contribution in [0.15, 0.2) is 24.3 Å². The summed E-state index contributed by atoms with van der Waals surface area (Å²) in [4.78, 5) is 0. The van der Waals surface area contributed by atoms with E-state index in [1.807, 2.05) is 43.1 Å². The zero-order chi connectivity index (χ0) is 13.6. The standard InChI is InChI=1S/C12H21N3O2S/c1-4-13-15(10-9-14-18(3,16)17)12-8-6-5-7-11(12)2/h5-8,13-14H,4,9-10H2,1-3H3. The Labute approximate surface area is 109 Å². The van der Waals surface area contributed by atoms with Crippen molar-refractivity contribution in [2.45, 2.75) is 13.8 Å². The van der Waals surface area contributed by atoms with Crippen LogP contribution in [0.1, 0.15) is 12.5 Å². The van der Waals surface area contributed by atoms with Crippen molar-refractivity contribution in [3.8, 4) is 0 Å². The van der Waals surface area contributed by atoms with Gasteiger partial charge < -0.3 is 5.01 Å². The lowest BCUT2D eigenvalue weighted by Gasteiger charge is -2.26. The van der Waals surface area contributed by atoms with E-state index in [0.29, 0.717) is 13.1 Å². The van der Waals surface area contributed by atoms with Crippen molar-refractivity contribution in [1.29, 1.82) is 0 Å². The Hall–Kier alpha value is -1.11. The van der Waals surface area contributed by atoms with Crippen LogP contribution in [-0.4, -0.2) is 34.3 Å². The number of aryl methyl sites for hydroxylation is 1. The van der Waals surface area contributed by atoms with E-state index in [4.69, 9.17) is 0 Å². The minimum Gasteiger partial charge on any atom is -0.307 e. The number of nitrogens with zero attached hydrogens (tertiary/aromatic N) is 1. The molecule has 0 aliphatic carbocycles. The molecule has 6 heteroatoms. The molecule has 0 atom stereocenters. The molecule has 18 heavy (non-hydrogen) atoms. The van der Waals surface area contributed by atoms with Gasteiger partial charge in [0.1, 0.15) is 0 Å². The number of para-hydroxylation sites is 1. The molecule has 2 N–H and O–H groups in total. The summed E-state index contributed by atoms with van der Waals surface area (Å²) in [5.74, 6) is 0. The lowest BCUT2D eigenvalue weighted by molar-refractivity contribution is 0.580. The Balaban J connectivity index is 2.69. The first-order valence-electron chi connectivity index (χ1n) is 5.95. The van der Waals surface area contributed by atoms with E-state index >= 15 is 0 Å². The number of hydrogen-bond donors (Lipinski definition) is 2. The average Bonchev–Trinajstić information content (AvgIpc) is 2.27. The van der Waals surface area contributed by atoms with Gasteiger partial charge in [0.15, 0.2) is 0 Å². The number of sulfonamides is 1. The van der Waals surface area contributed by atoms with Crippen molar-refractivity contribution in [1.82, 2.24) is 10.1 Å². The summed E-state index contributed by atoms with van der Waals surface area (Å²) in [5.41, 5.74) is 5.44. The lowest BCUT2D eigenvalue weighted by atomic mass is 10.2. The van der Waals surface area contributed by atoms with Gasteiger partial charge in [0.25, 0.3) is 0 Å². The number of hydrazine groups is 1. The fraction of sp³-hybridized carbons (Fsp3) is 0.500. The van der Waals surface area contributed by atoms with E-state index in [-0.39, 0.29) is 0 Å². The summed E-state index contributed by atoms with van der Waals surface area (Å²) in [6, 6.07) is 8.00. The van der Waals surface area contributed by atoms with E-state index in [1.54, 1.807) is 0 Å². The first-order valence-corrected chi connectivity index (χ1v) is 7.84. The number of nitrogens with one attached hydrogen (secondary N) is 2. The quantitative estimate of drug-likeness (QED) is 0.723. The van der Waals surface area contributed by atoms with Crippen LogP contribution in [0.25, 0.3) is 0 Å². The smallest absolute Gasteiger partial charge is 0.208 e. The number of hydrogen-bond acceptors (Lipinski definition) is 4. The number of benzene rings is 1. The summed E-state index contributed by atoms with van der Waals surface area (Å²) in [7, 11) is -3.13. The van der Waals surface area contributed by atoms with Gasteiger partial charge in [-0.1, -0.05) is 25.1 Å². The molecule has 0 fully saturated rings. The van der Waals surface area contributed by atoms with Crippen LogP contribution in [0, 0.1) is 6.92 Å². The minimum atomic E-state index is -3.13. The van der Waals surface area contributed by atoms with Crippen LogP contribution in [0.4, 0.5) is 5.69 Å². The highest BCUT2D eigenvalue weighted by Gasteiger charge is 2.08. The molecule has 0 aliphatic heterocycles. The molecule has 0 saturated heterocycles. The van der Waals surface area contributed by atoms with Crippen molar-refractivity contribution in [2.75, 3.05) is 30.9 Å². The second kappa shape index (κ2) is 6.72. The van der Waals surface area contributed by atoms with Gasteiger partial charge in [-0.25, -0.2) is 18.6 Å². The average molecular weight is 271 g/mol. The van der Waals surface area contributed by atoms with Gasteiger partial charge in [-0.2, -0.15) is 0 Å². The Bertz CT molecular complexity index is 474. The Morgan fingerprint density at radius 1 is 1.28 bits per heavy atom. The van der Waals surface area contributed by atoms with Crippen LogP contribution in [0.3, 0.4) is 0 Å². The van der Waals surface area contributed by atoms with E-state index < -0.39 is 10.0 Å². The first kappa shape index (κ1) is 14.9. The van der Waals surface area contributed by atoms with Crippen molar-refractivity contribution in [2.24, 2.45) is 0 Å². The zero-order valence-electron chi connectivity index (χ0n) is 11.1. The molecule has 1 aromatic rings. The van der Waals surface area contributed by atoms with E-state index in [9.17, 15) is 8.42 Å². The first-order chi connectivity index (χ1) is 8.44. The predicted octanol–water partition coefficient (Wildman–Crippen LogP) is 0.875. The van der Waals surface area contributed by atoms with Crippen molar-refractivity contribution >= 4 is 15.7 Å². The molecule has 0 amide bonds. The zero-order valence-corrected chi connectivity index (χ0v) is 11.9. The van der Waals surface area contributed by atoms with Gasteiger partial charge in [0, 0.05) is 19.6 Å². The molecule has 0 radical (unpaired) electrons. The topological polar surface area (TPSA) is 61.4 Å². The Morgan fingerprint density at radius 3 is 2.50 bits per heavy atom. The van der Waals surface area contributed by atoms with Gasteiger partial charge >= 0.3 is 0 Å². The van der Waals surface area contributed by atoms with Crippen LogP contribution >= 0.6 is 0 Å². The molecule has 0 heterocycles. The van der Waals surface area contributed by atoms with Gasteiger partial charge in [0.05, 0.1) is 11.9 Å². The van der Waals surface area contributed by atoms with Crippen molar-refractivity contribution in [3.05, 3.63) is 29.8 Å². The van der Waals surface area contributed by atoms with Gasteiger partial charge in [-0.15, -0.1) is 0 Å². The highest BCUT2D eigenvalue weighted by molar-refractivity contribution is 7.88.